The average Bonchev–Trinajstić information content (AvgIpc) is 2.97. The minimum atomic E-state index is -0.232. The van der Waals surface area contributed by atoms with Gasteiger partial charge < -0.3 is 9.64 Å². The molecule has 1 N–H and O–H groups in total. The van der Waals surface area contributed by atoms with Gasteiger partial charge in [-0.25, -0.2) is 0 Å². The van der Waals surface area contributed by atoms with Crippen LogP contribution in [-0.4, -0.2) is 47.2 Å². The van der Waals surface area contributed by atoms with Crippen molar-refractivity contribution >= 4 is 22.8 Å². The second-order valence-corrected chi connectivity index (χ2v) is 5.60. The van der Waals surface area contributed by atoms with Crippen LogP contribution in [0.3, 0.4) is 0 Å². The van der Waals surface area contributed by atoms with Crippen LogP contribution in [0.5, 0.6) is 0 Å². The van der Waals surface area contributed by atoms with Gasteiger partial charge in [0.25, 0.3) is 0 Å². The Kier molecular flexibility index (Phi) is 4.09. The Morgan fingerprint density at radius 2 is 2.23 bits per heavy atom. The molecule has 1 amide bonds. The van der Waals surface area contributed by atoms with Crippen LogP contribution in [0.2, 0.25) is 0 Å². The predicted octanol–water partition coefficient (Wildman–Crippen LogP) is 1.52. The third kappa shape index (κ3) is 2.81. The van der Waals surface area contributed by atoms with E-state index in [0.29, 0.717) is 13.1 Å². The second-order valence-electron chi connectivity index (χ2n) is 5.60. The maximum atomic E-state index is 12.5. The summed E-state index contributed by atoms with van der Waals surface area (Å²) in [4.78, 5) is 25.9. The van der Waals surface area contributed by atoms with Gasteiger partial charge in [0.05, 0.1) is 30.7 Å². The molecule has 1 atom stereocenters. The van der Waals surface area contributed by atoms with Gasteiger partial charge in [0.2, 0.25) is 5.91 Å². The van der Waals surface area contributed by atoms with Gasteiger partial charge >= 0.3 is 5.97 Å². The van der Waals surface area contributed by atoms with E-state index in [9.17, 15) is 9.59 Å². The molecule has 0 aliphatic carbocycles. The van der Waals surface area contributed by atoms with E-state index in [1.165, 1.54) is 7.11 Å². The summed E-state index contributed by atoms with van der Waals surface area (Å²) in [6.07, 6.45) is 1.88. The van der Waals surface area contributed by atoms with Gasteiger partial charge in [-0.15, -0.1) is 0 Å². The summed E-state index contributed by atoms with van der Waals surface area (Å²) in [6.45, 7) is 1.13. The van der Waals surface area contributed by atoms with E-state index in [4.69, 9.17) is 4.74 Å². The van der Waals surface area contributed by atoms with Crippen molar-refractivity contribution in [2.75, 3.05) is 20.2 Å². The SMILES string of the molecule is COC(=O)[C@H]1CCCN(C(=O)Cc2[nH]nc3ccccc23)C1. The normalized spacial score (nSPS) is 18.4. The molecule has 1 aromatic heterocycles. The largest absolute Gasteiger partial charge is 0.469 e. The number of piperidine rings is 1. The first-order chi connectivity index (χ1) is 10.7. The van der Waals surface area contributed by atoms with E-state index in [2.05, 4.69) is 10.2 Å². The molecule has 2 aromatic rings. The Bertz CT molecular complexity index is 695. The van der Waals surface area contributed by atoms with Crippen molar-refractivity contribution in [1.29, 1.82) is 0 Å². The lowest BCUT2D eigenvalue weighted by Crippen LogP contribution is -2.43. The number of hydrogen-bond acceptors (Lipinski definition) is 4. The number of aromatic nitrogens is 2. The molecular formula is C16H19N3O3. The van der Waals surface area contributed by atoms with Crippen molar-refractivity contribution in [3.8, 4) is 0 Å². The van der Waals surface area contributed by atoms with Crippen LogP contribution in [0.15, 0.2) is 24.3 Å². The molecule has 0 bridgehead atoms. The molecule has 6 nitrogen and oxygen atoms in total. The van der Waals surface area contributed by atoms with Gasteiger partial charge in [0.15, 0.2) is 0 Å². The summed E-state index contributed by atoms with van der Waals surface area (Å²) < 4.78 is 4.79. The molecule has 1 aromatic carbocycles. The first-order valence-corrected chi connectivity index (χ1v) is 7.46. The van der Waals surface area contributed by atoms with Gasteiger partial charge in [-0.2, -0.15) is 5.10 Å². The lowest BCUT2D eigenvalue weighted by Gasteiger charge is -2.31. The zero-order chi connectivity index (χ0) is 15.5. The van der Waals surface area contributed by atoms with Gasteiger partial charge in [-0.05, 0) is 18.9 Å². The lowest BCUT2D eigenvalue weighted by molar-refractivity contribution is -0.148. The number of rotatable bonds is 3. The van der Waals surface area contributed by atoms with Crippen LogP contribution in [0.25, 0.3) is 10.9 Å². The topological polar surface area (TPSA) is 75.3 Å². The monoisotopic (exact) mass is 301 g/mol. The number of H-pyrrole nitrogens is 1. The van der Waals surface area contributed by atoms with Crippen LogP contribution >= 0.6 is 0 Å². The summed E-state index contributed by atoms with van der Waals surface area (Å²) in [5.74, 6) is -0.422. The number of likely N-dealkylation sites (tertiary alicyclic amines) is 1. The Labute approximate surface area is 128 Å². The number of amides is 1. The molecule has 0 radical (unpaired) electrons. The average molecular weight is 301 g/mol. The molecule has 1 aliphatic heterocycles. The van der Waals surface area contributed by atoms with Crippen molar-refractivity contribution in [3.63, 3.8) is 0 Å². The van der Waals surface area contributed by atoms with Crippen LogP contribution in [0.1, 0.15) is 18.5 Å². The molecule has 0 spiro atoms. The zero-order valence-electron chi connectivity index (χ0n) is 12.5. The number of nitrogens with zero attached hydrogens (tertiary/aromatic N) is 2. The number of nitrogens with one attached hydrogen (secondary N) is 1. The van der Waals surface area contributed by atoms with Crippen LogP contribution < -0.4 is 0 Å². The van der Waals surface area contributed by atoms with E-state index in [-0.39, 0.29) is 24.2 Å². The maximum absolute atomic E-state index is 12.5. The number of para-hydroxylation sites is 1. The zero-order valence-corrected chi connectivity index (χ0v) is 12.5. The van der Waals surface area contributed by atoms with E-state index in [1.807, 2.05) is 24.3 Å². The Balaban J connectivity index is 1.70. The highest BCUT2D eigenvalue weighted by Crippen LogP contribution is 2.20. The van der Waals surface area contributed by atoms with Crippen molar-refractivity contribution in [3.05, 3.63) is 30.0 Å². The van der Waals surface area contributed by atoms with Crippen LogP contribution in [0.4, 0.5) is 0 Å². The Morgan fingerprint density at radius 3 is 3.05 bits per heavy atom. The highest BCUT2D eigenvalue weighted by molar-refractivity contribution is 5.87. The molecule has 1 saturated heterocycles. The number of ether oxygens (including phenoxy) is 1. The standard InChI is InChI=1S/C16H19N3O3/c1-22-16(21)11-5-4-8-19(10-11)15(20)9-14-12-6-2-3-7-13(12)17-18-14/h2-3,6-7,11H,4-5,8-10H2,1H3,(H,17,18)/t11-/m0/s1. The number of esters is 1. The summed E-state index contributed by atoms with van der Waals surface area (Å²) >= 11 is 0. The summed E-state index contributed by atoms with van der Waals surface area (Å²) in [5, 5.41) is 8.11. The summed E-state index contributed by atoms with van der Waals surface area (Å²) in [7, 11) is 1.39. The number of carbonyl (C=O) groups excluding carboxylic acids is 2. The number of benzene rings is 1. The molecule has 0 saturated carbocycles. The van der Waals surface area contributed by atoms with E-state index >= 15 is 0 Å². The highest BCUT2D eigenvalue weighted by atomic mass is 16.5. The fraction of sp³-hybridized carbons (Fsp3) is 0.438. The number of hydrogen-bond donors (Lipinski definition) is 1. The maximum Gasteiger partial charge on any atom is 0.310 e. The van der Waals surface area contributed by atoms with Crippen LogP contribution in [-0.2, 0) is 20.7 Å². The first-order valence-electron chi connectivity index (χ1n) is 7.46. The quantitative estimate of drug-likeness (QED) is 0.872. The molecule has 0 unspecified atom stereocenters. The summed E-state index contributed by atoms with van der Waals surface area (Å²) in [5.41, 5.74) is 1.68. The van der Waals surface area contributed by atoms with Crippen molar-refractivity contribution in [2.45, 2.75) is 19.3 Å². The molecular weight excluding hydrogens is 282 g/mol. The molecule has 116 valence electrons. The minimum absolute atomic E-state index is 0.0167. The first kappa shape index (κ1) is 14.6. The number of carbonyl (C=O) groups is 2. The number of aromatic amines is 1. The minimum Gasteiger partial charge on any atom is -0.469 e. The third-order valence-corrected chi connectivity index (χ3v) is 4.18. The van der Waals surface area contributed by atoms with E-state index in [1.54, 1.807) is 4.90 Å². The van der Waals surface area contributed by atoms with Crippen LogP contribution in [0, 0.1) is 5.92 Å². The summed E-state index contributed by atoms with van der Waals surface area (Å²) in [6, 6.07) is 7.71. The van der Waals surface area contributed by atoms with E-state index in [0.717, 1.165) is 29.4 Å². The molecule has 22 heavy (non-hydrogen) atoms. The Hall–Kier alpha value is -2.37. The fourth-order valence-corrected chi connectivity index (χ4v) is 2.97. The molecule has 6 heteroatoms. The van der Waals surface area contributed by atoms with Crippen molar-refractivity contribution in [1.82, 2.24) is 15.1 Å². The van der Waals surface area contributed by atoms with Gasteiger partial charge in [-0.1, -0.05) is 18.2 Å². The fourth-order valence-electron chi connectivity index (χ4n) is 2.97. The van der Waals surface area contributed by atoms with Crippen molar-refractivity contribution in [2.24, 2.45) is 5.92 Å². The number of methoxy groups -OCH3 is 1. The molecule has 3 rings (SSSR count). The molecule has 1 aliphatic rings. The van der Waals surface area contributed by atoms with Gasteiger partial charge in [-0.3, -0.25) is 14.7 Å². The Morgan fingerprint density at radius 1 is 1.41 bits per heavy atom. The number of fused-ring (bicyclic) bond motifs is 1. The highest BCUT2D eigenvalue weighted by Gasteiger charge is 2.29. The smallest absolute Gasteiger partial charge is 0.310 e. The third-order valence-electron chi connectivity index (χ3n) is 4.18. The predicted molar refractivity (Wildman–Crippen MR) is 81.1 cm³/mol. The van der Waals surface area contributed by atoms with Gasteiger partial charge in [0.1, 0.15) is 0 Å². The van der Waals surface area contributed by atoms with Gasteiger partial charge in [0, 0.05) is 18.5 Å². The van der Waals surface area contributed by atoms with E-state index < -0.39 is 0 Å². The molecule has 2 heterocycles. The lowest BCUT2D eigenvalue weighted by atomic mass is 9.98. The second kappa shape index (κ2) is 6.17. The van der Waals surface area contributed by atoms with Crippen molar-refractivity contribution < 1.29 is 14.3 Å². The molecule has 1 fully saturated rings.